The van der Waals surface area contributed by atoms with E-state index in [0.29, 0.717) is 17.2 Å². The van der Waals surface area contributed by atoms with Crippen LogP contribution in [-0.4, -0.2) is 22.1 Å². The Balaban J connectivity index is 1.81. The van der Waals surface area contributed by atoms with Crippen LogP contribution < -0.4 is 10.1 Å². The molecule has 6 nitrogen and oxygen atoms in total. The fourth-order valence-corrected chi connectivity index (χ4v) is 2.31. The first-order chi connectivity index (χ1) is 12.5. The number of ether oxygens (including phenoxy) is 1. The molecule has 0 radical (unpaired) electrons. The first-order valence-electron chi connectivity index (χ1n) is 7.74. The van der Waals surface area contributed by atoms with Gasteiger partial charge in [0.15, 0.2) is 5.75 Å². The number of carbonyl (C=O) groups is 2. The average Bonchev–Trinajstić information content (AvgIpc) is 2.64. The second-order valence-electron chi connectivity index (χ2n) is 5.40. The molecule has 0 bridgehead atoms. The number of carboxylic acids is 1. The predicted molar refractivity (Wildman–Crippen MR) is 96.0 cm³/mol. The van der Waals surface area contributed by atoms with Crippen molar-refractivity contribution in [3.8, 4) is 17.2 Å². The first-order valence-corrected chi connectivity index (χ1v) is 7.74. The summed E-state index contributed by atoms with van der Waals surface area (Å²) in [4.78, 5) is 23.3. The van der Waals surface area contributed by atoms with E-state index in [0.717, 1.165) is 0 Å². The molecular formula is C20H15NO5. The van der Waals surface area contributed by atoms with E-state index in [9.17, 15) is 14.7 Å². The molecule has 3 N–H and O–H groups in total. The number of phenols is 1. The number of carbonyl (C=O) groups excluding carboxylic acids is 1. The van der Waals surface area contributed by atoms with Crippen LogP contribution in [0.2, 0.25) is 0 Å². The molecule has 3 rings (SSSR count). The monoisotopic (exact) mass is 349 g/mol. The van der Waals surface area contributed by atoms with Crippen molar-refractivity contribution in [3.05, 3.63) is 83.9 Å². The highest BCUT2D eigenvalue weighted by atomic mass is 16.5. The summed E-state index contributed by atoms with van der Waals surface area (Å²) >= 11 is 0. The summed E-state index contributed by atoms with van der Waals surface area (Å²) < 4.78 is 5.74. The Hall–Kier alpha value is -3.80. The number of hydrogen-bond acceptors (Lipinski definition) is 4. The standard InChI is InChI=1S/C20H15NO5/c22-17-7-3-1-5-15(17)19(23)21-16-6-2-4-8-18(16)26-14-11-9-13(10-12-14)20(24)25/h1-12,22H,(H,21,23)(H,24,25). The summed E-state index contributed by atoms with van der Waals surface area (Å²) in [6, 6.07) is 19.0. The van der Waals surface area contributed by atoms with Gasteiger partial charge in [0.2, 0.25) is 0 Å². The van der Waals surface area contributed by atoms with Crippen LogP contribution in [0.4, 0.5) is 5.69 Å². The second kappa shape index (κ2) is 7.40. The molecule has 0 aliphatic rings. The maximum Gasteiger partial charge on any atom is 0.335 e. The van der Waals surface area contributed by atoms with Gasteiger partial charge in [0.1, 0.15) is 11.5 Å². The molecule has 0 spiro atoms. The Morgan fingerprint density at radius 2 is 1.50 bits per heavy atom. The molecule has 3 aromatic rings. The third-order valence-electron chi connectivity index (χ3n) is 3.61. The smallest absolute Gasteiger partial charge is 0.335 e. The normalized spacial score (nSPS) is 10.2. The van der Waals surface area contributed by atoms with Crippen molar-refractivity contribution in [3.63, 3.8) is 0 Å². The van der Waals surface area contributed by atoms with Gasteiger partial charge in [-0.25, -0.2) is 4.79 Å². The second-order valence-corrected chi connectivity index (χ2v) is 5.40. The highest BCUT2D eigenvalue weighted by Crippen LogP contribution is 2.30. The van der Waals surface area contributed by atoms with Crippen molar-refractivity contribution in [2.24, 2.45) is 0 Å². The van der Waals surface area contributed by atoms with Crippen LogP contribution in [-0.2, 0) is 0 Å². The lowest BCUT2D eigenvalue weighted by atomic mass is 10.2. The number of anilines is 1. The maximum atomic E-state index is 12.4. The molecule has 26 heavy (non-hydrogen) atoms. The largest absolute Gasteiger partial charge is 0.507 e. The van der Waals surface area contributed by atoms with Crippen LogP contribution >= 0.6 is 0 Å². The predicted octanol–water partition coefficient (Wildman–Crippen LogP) is 4.14. The van der Waals surface area contributed by atoms with Gasteiger partial charge in [-0.3, -0.25) is 4.79 Å². The van der Waals surface area contributed by atoms with Gasteiger partial charge < -0.3 is 20.3 Å². The number of benzene rings is 3. The molecule has 0 aliphatic carbocycles. The number of phenolic OH excluding ortho intramolecular Hbond substituents is 1. The topological polar surface area (TPSA) is 95.9 Å². The van der Waals surface area contributed by atoms with Crippen molar-refractivity contribution in [1.29, 1.82) is 0 Å². The molecule has 0 aromatic heterocycles. The van der Waals surface area contributed by atoms with Gasteiger partial charge >= 0.3 is 5.97 Å². The lowest BCUT2D eigenvalue weighted by Crippen LogP contribution is -2.12. The summed E-state index contributed by atoms with van der Waals surface area (Å²) in [5.41, 5.74) is 0.717. The minimum absolute atomic E-state index is 0.118. The average molecular weight is 349 g/mol. The molecule has 0 aliphatic heterocycles. The lowest BCUT2D eigenvalue weighted by Gasteiger charge is -2.13. The molecule has 0 fully saturated rings. The number of aromatic hydroxyl groups is 1. The first kappa shape index (κ1) is 17.0. The number of carboxylic acid groups (broad SMARTS) is 1. The molecule has 3 aromatic carbocycles. The van der Waals surface area contributed by atoms with E-state index in [2.05, 4.69) is 5.32 Å². The molecule has 0 atom stereocenters. The Bertz CT molecular complexity index is 950. The zero-order valence-corrected chi connectivity index (χ0v) is 13.5. The Morgan fingerprint density at radius 3 is 2.19 bits per heavy atom. The molecule has 1 amide bonds. The minimum Gasteiger partial charge on any atom is -0.507 e. The van der Waals surface area contributed by atoms with Crippen molar-refractivity contribution >= 4 is 17.6 Å². The Morgan fingerprint density at radius 1 is 0.846 bits per heavy atom. The molecule has 0 unspecified atom stereocenters. The SMILES string of the molecule is O=C(O)c1ccc(Oc2ccccc2NC(=O)c2ccccc2O)cc1. The molecule has 0 saturated heterocycles. The van der Waals surface area contributed by atoms with E-state index in [1.165, 1.54) is 36.4 Å². The van der Waals surface area contributed by atoms with E-state index in [1.807, 2.05) is 0 Å². The maximum absolute atomic E-state index is 12.4. The van der Waals surface area contributed by atoms with Gasteiger partial charge in [0, 0.05) is 0 Å². The third-order valence-corrected chi connectivity index (χ3v) is 3.61. The number of rotatable bonds is 5. The van der Waals surface area contributed by atoms with Crippen molar-refractivity contribution < 1.29 is 24.5 Å². The van der Waals surface area contributed by atoms with Crippen molar-refractivity contribution in [2.45, 2.75) is 0 Å². The summed E-state index contributed by atoms with van der Waals surface area (Å²) in [5, 5.41) is 21.4. The van der Waals surface area contributed by atoms with E-state index >= 15 is 0 Å². The summed E-state index contributed by atoms with van der Waals surface area (Å²) in [5.74, 6) is -0.793. The number of hydrogen-bond donors (Lipinski definition) is 3. The molecule has 130 valence electrons. The van der Waals surface area contributed by atoms with Crippen LogP contribution in [0.3, 0.4) is 0 Å². The van der Waals surface area contributed by atoms with Crippen molar-refractivity contribution in [2.75, 3.05) is 5.32 Å². The molecule has 6 heteroatoms. The lowest BCUT2D eigenvalue weighted by molar-refractivity contribution is 0.0696. The van der Waals surface area contributed by atoms with Gasteiger partial charge in [-0.2, -0.15) is 0 Å². The number of nitrogens with one attached hydrogen (secondary N) is 1. The van der Waals surface area contributed by atoms with E-state index in [4.69, 9.17) is 9.84 Å². The van der Waals surface area contributed by atoms with Crippen LogP contribution in [0.25, 0.3) is 0 Å². The van der Waals surface area contributed by atoms with Crippen LogP contribution in [0.15, 0.2) is 72.8 Å². The molecular weight excluding hydrogens is 334 g/mol. The quantitative estimate of drug-likeness (QED) is 0.643. The van der Waals surface area contributed by atoms with Gasteiger partial charge in [-0.05, 0) is 48.5 Å². The van der Waals surface area contributed by atoms with Gasteiger partial charge in [-0.1, -0.05) is 24.3 Å². The number of para-hydroxylation sites is 3. The van der Waals surface area contributed by atoms with Crippen LogP contribution in [0.5, 0.6) is 17.2 Å². The zero-order chi connectivity index (χ0) is 18.5. The fourth-order valence-electron chi connectivity index (χ4n) is 2.31. The third kappa shape index (κ3) is 3.81. The van der Waals surface area contributed by atoms with E-state index < -0.39 is 11.9 Å². The molecule has 0 heterocycles. The zero-order valence-electron chi connectivity index (χ0n) is 13.5. The summed E-state index contributed by atoms with van der Waals surface area (Å²) in [7, 11) is 0. The number of amides is 1. The highest BCUT2D eigenvalue weighted by Gasteiger charge is 2.13. The van der Waals surface area contributed by atoms with Crippen molar-refractivity contribution in [1.82, 2.24) is 0 Å². The Labute approximate surface area is 149 Å². The van der Waals surface area contributed by atoms with Gasteiger partial charge in [-0.15, -0.1) is 0 Å². The Kier molecular flexibility index (Phi) is 4.85. The van der Waals surface area contributed by atoms with Gasteiger partial charge in [0.25, 0.3) is 5.91 Å². The summed E-state index contributed by atoms with van der Waals surface area (Å²) in [6.07, 6.45) is 0. The van der Waals surface area contributed by atoms with E-state index in [-0.39, 0.29) is 16.9 Å². The highest BCUT2D eigenvalue weighted by molar-refractivity contribution is 6.06. The molecule has 0 saturated carbocycles. The van der Waals surface area contributed by atoms with E-state index in [1.54, 1.807) is 36.4 Å². The van der Waals surface area contributed by atoms with Gasteiger partial charge in [0.05, 0.1) is 16.8 Å². The number of aromatic carboxylic acids is 1. The minimum atomic E-state index is -1.02. The summed E-state index contributed by atoms with van der Waals surface area (Å²) in [6.45, 7) is 0. The van der Waals surface area contributed by atoms with Crippen LogP contribution in [0.1, 0.15) is 20.7 Å². The van der Waals surface area contributed by atoms with Crippen LogP contribution in [0, 0.1) is 0 Å². The fraction of sp³-hybridized carbons (Fsp3) is 0.